The summed E-state index contributed by atoms with van der Waals surface area (Å²) in [6, 6.07) is 22.1. The van der Waals surface area contributed by atoms with E-state index in [1.807, 2.05) is 30.3 Å². The van der Waals surface area contributed by atoms with E-state index in [2.05, 4.69) is 25.0 Å². The normalized spacial score (nSPS) is 11.3. The first-order chi connectivity index (χ1) is 20.4. The van der Waals surface area contributed by atoms with Gasteiger partial charge in [-0.25, -0.2) is 32.5 Å². The number of hydrogen-bond acceptors (Lipinski definition) is 8. The van der Waals surface area contributed by atoms with Crippen LogP contribution in [0.4, 0.5) is 10.3 Å². The minimum absolute atomic E-state index is 0.107. The van der Waals surface area contributed by atoms with E-state index >= 15 is 0 Å². The van der Waals surface area contributed by atoms with E-state index in [1.165, 1.54) is 32.4 Å². The summed E-state index contributed by atoms with van der Waals surface area (Å²) in [7, 11) is -0.708. The lowest BCUT2D eigenvalue weighted by Gasteiger charge is -2.09. The zero-order chi connectivity index (χ0) is 29.5. The number of hydrogen-bond donors (Lipinski definition) is 3. The van der Waals surface area contributed by atoms with Crippen molar-refractivity contribution >= 4 is 16.0 Å². The lowest BCUT2D eigenvalue weighted by atomic mass is 10.1. The largest absolute Gasteiger partial charge is 0.497 e. The molecule has 3 aromatic carbocycles. The first-order valence-electron chi connectivity index (χ1n) is 13.1. The molecule has 42 heavy (non-hydrogen) atoms. The molecule has 0 aliphatic carbocycles. The van der Waals surface area contributed by atoms with Gasteiger partial charge in [-0.2, -0.15) is 0 Å². The summed E-state index contributed by atoms with van der Waals surface area (Å²) in [6.45, 7) is 0.646. The maximum absolute atomic E-state index is 14.2. The van der Waals surface area contributed by atoms with Crippen LogP contribution in [0.1, 0.15) is 6.42 Å². The molecule has 0 aliphatic heterocycles. The van der Waals surface area contributed by atoms with Crippen LogP contribution in [0.5, 0.6) is 11.5 Å². The van der Waals surface area contributed by atoms with E-state index in [4.69, 9.17) is 14.5 Å². The number of ether oxygens (including phenoxy) is 2. The summed E-state index contributed by atoms with van der Waals surface area (Å²) in [5.74, 6) is 1.21. The van der Waals surface area contributed by atoms with Gasteiger partial charge in [0.05, 0.1) is 36.2 Å². The number of benzene rings is 3. The Bertz CT molecular complexity index is 1760. The molecule has 0 unspecified atom stereocenters. The number of nitrogens with one attached hydrogen (secondary N) is 3. The Morgan fingerprint density at radius 3 is 2.40 bits per heavy atom. The first-order valence-corrected chi connectivity index (χ1v) is 14.6. The molecule has 0 radical (unpaired) electrons. The van der Waals surface area contributed by atoms with Gasteiger partial charge in [-0.05, 0) is 55.0 Å². The first kappa shape index (κ1) is 28.7. The molecule has 0 saturated heterocycles. The third-order valence-electron chi connectivity index (χ3n) is 6.39. The second-order valence-electron chi connectivity index (χ2n) is 9.14. The molecule has 5 aromatic rings. The van der Waals surface area contributed by atoms with Crippen molar-refractivity contribution in [1.29, 1.82) is 0 Å². The molecule has 216 valence electrons. The highest BCUT2D eigenvalue weighted by Crippen LogP contribution is 2.34. The number of sulfonamides is 1. The number of aromatic nitrogens is 4. The van der Waals surface area contributed by atoms with Gasteiger partial charge in [0, 0.05) is 30.4 Å². The van der Waals surface area contributed by atoms with Crippen molar-refractivity contribution in [2.75, 3.05) is 32.6 Å². The molecular weight excluding hydrogens is 559 g/mol. The summed E-state index contributed by atoms with van der Waals surface area (Å²) < 4.78 is 52.1. The van der Waals surface area contributed by atoms with Crippen LogP contribution in [0.25, 0.3) is 34.0 Å². The number of anilines is 1. The predicted octanol–water partition coefficient (Wildman–Crippen LogP) is 5.14. The summed E-state index contributed by atoms with van der Waals surface area (Å²) in [5, 5.41) is 3.14. The molecule has 12 heteroatoms. The van der Waals surface area contributed by atoms with E-state index in [0.29, 0.717) is 53.1 Å². The third-order valence-corrected chi connectivity index (χ3v) is 7.86. The van der Waals surface area contributed by atoms with Gasteiger partial charge in [-0.3, -0.25) is 0 Å². The zero-order valence-corrected chi connectivity index (χ0v) is 23.8. The third kappa shape index (κ3) is 6.56. The summed E-state index contributed by atoms with van der Waals surface area (Å²) in [6.07, 6.45) is 2.11. The van der Waals surface area contributed by atoms with E-state index in [0.717, 1.165) is 5.56 Å². The molecule has 0 fully saturated rings. The van der Waals surface area contributed by atoms with Crippen molar-refractivity contribution < 1.29 is 22.3 Å². The quantitative estimate of drug-likeness (QED) is 0.171. The average Bonchev–Trinajstić information content (AvgIpc) is 3.47. The SMILES string of the molecule is COc1ccc(S(=O)(=O)NCCCNc2nccc(-c3[nH]c(-c4ccccc4)nc3-c3ccc(F)c(OC)c3)n2)cc1. The molecule has 2 heterocycles. The predicted molar refractivity (Wildman–Crippen MR) is 158 cm³/mol. The van der Waals surface area contributed by atoms with Crippen molar-refractivity contribution in [3.8, 4) is 45.5 Å². The Labute approximate surface area is 243 Å². The van der Waals surface area contributed by atoms with Gasteiger partial charge in [0.2, 0.25) is 16.0 Å². The topological polar surface area (TPSA) is 131 Å². The lowest BCUT2D eigenvalue weighted by Crippen LogP contribution is -2.26. The smallest absolute Gasteiger partial charge is 0.240 e. The number of halogens is 1. The molecule has 10 nitrogen and oxygen atoms in total. The average molecular weight is 589 g/mol. The Balaban J connectivity index is 1.31. The fourth-order valence-corrected chi connectivity index (χ4v) is 5.30. The maximum Gasteiger partial charge on any atom is 0.240 e. The van der Waals surface area contributed by atoms with Gasteiger partial charge in [0.25, 0.3) is 0 Å². The number of H-pyrrole nitrogens is 1. The van der Waals surface area contributed by atoms with E-state index < -0.39 is 15.8 Å². The van der Waals surface area contributed by atoms with Crippen LogP contribution in [0.2, 0.25) is 0 Å². The van der Waals surface area contributed by atoms with E-state index in [1.54, 1.807) is 36.5 Å². The molecule has 5 rings (SSSR count). The summed E-state index contributed by atoms with van der Waals surface area (Å²) in [5.41, 5.74) is 3.30. The van der Waals surface area contributed by atoms with Crippen LogP contribution >= 0.6 is 0 Å². The number of methoxy groups -OCH3 is 2. The van der Waals surface area contributed by atoms with E-state index in [-0.39, 0.29) is 17.2 Å². The fourth-order valence-electron chi connectivity index (χ4n) is 4.22. The second kappa shape index (κ2) is 12.8. The van der Waals surface area contributed by atoms with Crippen molar-refractivity contribution in [2.24, 2.45) is 0 Å². The molecule has 3 N–H and O–H groups in total. The molecule has 2 aromatic heterocycles. The minimum atomic E-state index is -3.64. The van der Waals surface area contributed by atoms with Crippen LogP contribution in [-0.2, 0) is 10.0 Å². The van der Waals surface area contributed by atoms with Crippen molar-refractivity contribution in [2.45, 2.75) is 11.3 Å². The lowest BCUT2D eigenvalue weighted by molar-refractivity contribution is 0.387. The van der Waals surface area contributed by atoms with Crippen LogP contribution in [0, 0.1) is 5.82 Å². The fraction of sp³-hybridized carbons (Fsp3) is 0.167. The standard InChI is InChI=1S/C30H29FN6O4S/c1-40-22-10-12-23(13-11-22)42(38,39)34-17-6-16-32-30-33-18-15-25(35-30)28-27(21-9-14-24(31)26(19-21)41-2)36-29(37-28)20-7-4-3-5-8-20/h3-5,7-15,18-19,34H,6,16-17H2,1-2H3,(H,36,37)(H,32,33,35). The highest BCUT2D eigenvalue weighted by atomic mass is 32.2. The summed E-state index contributed by atoms with van der Waals surface area (Å²) in [4.78, 5) is 17.3. The van der Waals surface area contributed by atoms with Crippen LogP contribution < -0.4 is 19.5 Å². The van der Waals surface area contributed by atoms with Gasteiger partial charge in [-0.1, -0.05) is 30.3 Å². The van der Waals surface area contributed by atoms with Gasteiger partial charge in [-0.15, -0.1) is 0 Å². The number of nitrogens with zero attached hydrogens (tertiary/aromatic N) is 3. The minimum Gasteiger partial charge on any atom is -0.497 e. The van der Waals surface area contributed by atoms with Gasteiger partial charge in [0.1, 0.15) is 11.6 Å². The number of rotatable bonds is 12. The highest BCUT2D eigenvalue weighted by molar-refractivity contribution is 7.89. The van der Waals surface area contributed by atoms with Crippen LogP contribution in [0.15, 0.2) is 90.0 Å². The number of aromatic amines is 1. The Hall–Kier alpha value is -4.81. The van der Waals surface area contributed by atoms with Crippen molar-refractivity contribution in [3.63, 3.8) is 0 Å². The molecular formula is C30H29FN6O4S. The molecule has 0 aliphatic rings. The molecule has 0 spiro atoms. The van der Waals surface area contributed by atoms with Gasteiger partial charge >= 0.3 is 0 Å². The highest BCUT2D eigenvalue weighted by Gasteiger charge is 2.19. The van der Waals surface area contributed by atoms with Gasteiger partial charge in [0.15, 0.2) is 11.6 Å². The molecule has 0 bridgehead atoms. The molecule has 0 amide bonds. The Morgan fingerprint density at radius 1 is 0.881 bits per heavy atom. The Morgan fingerprint density at radius 2 is 1.67 bits per heavy atom. The number of imidazole rings is 1. The van der Waals surface area contributed by atoms with Crippen molar-refractivity contribution in [3.05, 3.63) is 90.9 Å². The maximum atomic E-state index is 14.2. The molecule has 0 saturated carbocycles. The molecule has 0 atom stereocenters. The Kier molecular flexibility index (Phi) is 8.74. The zero-order valence-electron chi connectivity index (χ0n) is 23.0. The second-order valence-corrected chi connectivity index (χ2v) is 10.9. The summed E-state index contributed by atoms with van der Waals surface area (Å²) >= 11 is 0. The monoisotopic (exact) mass is 588 g/mol. The van der Waals surface area contributed by atoms with Crippen LogP contribution in [0.3, 0.4) is 0 Å². The van der Waals surface area contributed by atoms with Gasteiger partial charge < -0.3 is 19.8 Å². The van der Waals surface area contributed by atoms with Crippen LogP contribution in [-0.4, -0.2) is 55.7 Å². The van der Waals surface area contributed by atoms with E-state index in [9.17, 15) is 12.8 Å². The van der Waals surface area contributed by atoms with Crippen molar-refractivity contribution in [1.82, 2.24) is 24.7 Å².